The Morgan fingerprint density at radius 2 is 1.42 bits per heavy atom. The van der Waals surface area contributed by atoms with Crippen LogP contribution in [0.4, 0.5) is 0 Å². The zero-order valence-electron chi connectivity index (χ0n) is 33.3. The number of rotatable bonds is 16. The van der Waals surface area contributed by atoms with Crippen LogP contribution in [0, 0.1) is 22.7 Å². The maximum Gasteiger partial charge on any atom is 0.490 e. The molecule has 318 valence electrons. The summed E-state index contributed by atoms with van der Waals surface area (Å²) in [7, 11) is -11.0. The SMILES string of the molecule is CC(C)C(OC(=O)C(C)(C)C)OP(=O)(OC(OC(=O)C(C)(C)C)C(C)C)OP(=O)(O)OC[C@H]1O[C@@H](n2ccc(=O)n(Cc3noc4ccccc34)c2=O)[C@H](O)[C@@H]1O. The summed E-state index contributed by atoms with van der Waals surface area (Å²) in [5.41, 5.74) is -3.10. The molecule has 3 unspecified atom stereocenters. The van der Waals surface area contributed by atoms with Crippen molar-refractivity contribution in [1.82, 2.24) is 14.3 Å². The number of hydrogen-bond acceptors (Lipinski definition) is 17. The molecule has 3 aromatic rings. The molecule has 1 aliphatic heterocycles. The van der Waals surface area contributed by atoms with Crippen molar-refractivity contribution in [2.24, 2.45) is 22.7 Å². The molecule has 1 fully saturated rings. The van der Waals surface area contributed by atoms with Crippen LogP contribution in [0.15, 0.2) is 50.6 Å². The first kappa shape index (κ1) is 46.1. The average molecular weight is 848 g/mol. The fourth-order valence-corrected chi connectivity index (χ4v) is 7.90. The third-order valence-corrected chi connectivity index (χ3v) is 11.3. The molecule has 20 nitrogen and oxygen atoms in total. The van der Waals surface area contributed by atoms with Gasteiger partial charge in [-0.05, 0) is 53.7 Å². The Labute approximate surface area is 328 Å². The lowest BCUT2D eigenvalue weighted by atomic mass is 9.97. The first-order valence-electron chi connectivity index (χ1n) is 18.0. The molecule has 3 N–H and O–H groups in total. The minimum absolute atomic E-state index is 0.268. The second-order valence-electron chi connectivity index (χ2n) is 16.1. The number of aromatic nitrogens is 3. The fourth-order valence-electron chi connectivity index (χ4n) is 4.93. The van der Waals surface area contributed by atoms with Crippen LogP contribution in [0.2, 0.25) is 0 Å². The first-order valence-corrected chi connectivity index (χ1v) is 20.9. The van der Waals surface area contributed by atoms with Gasteiger partial charge in [-0.15, -0.1) is 0 Å². The van der Waals surface area contributed by atoms with E-state index in [1.54, 1.807) is 65.8 Å². The Morgan fingerprint density at radius 3 is 1.95 bits per heavy atom. The molecular formula is C35H51N3O17P2. The van der Waals surface area contributed by atoms with E-state index in [1.165, 1.54) is 27.7 Å². The molecule has 22 heteroatoms. The predicted molar refractivity (Wildman–Crippen MR) is 199 cm³/mol. The lowest BCUT2D eigenvalue weighted by molar-refractivity contribution is -0.191. The fraction of sp³-hybridized carbons (Fsp3) is 0.629. The molecule has 1 saturated heterocycles. The van der Waals surface area contributed by atoms with Crippen molar-refractivity contribution >= 4 is 38.6 Å². The van der Waals surface area contributed by atoms with Crippen molar-refractivity contribution < 1.29 is 70.4 Å². The highest BCUT2D eigenvalue weighted by molar-refractivity contribution is 7.61. The van der Waals surface area contributed by atoms with Crippen LogP contribution in [-0.2, 0) is 57.4 Å². The number of carbonyl (C=O) groups is 2. The van der Waals surface area contributed by atoms with Crippen molar-refractivity contribution in [3.05, 3.63) is 63.1 Å². The van der Waals surface area contributed by atoms with E-state index in [4.69, 9.17) is 36.6 Å². The highest BCUT2D eigenvalue weighted by Gasteiger charge is 2.49. The average Bonchev–Trinajstić information content (AvgIpc) is 3.63. The lowest BCUT2D eigenvalue weighted by Crippen LogP contribution is -2.43. The van der Waals surface area contributed by atoms with Gasteiger partial charge in [0, 0.05) is 29.5 Å². The number of benzene rings is 1. The third-order valence-electron chi connectivity index (χ3n) is 8.30. The van der Waals surface area contributed by atoms with Crippen molar-refractivity contribution in [2.45, 2.75) is 113 Å². The normalized spacial score (nSPS) is 22.3. The summed E-state index contributed by atoms with van der Waals surface area (Å²) in [6, 6.07) is 7.80. The summed E-state index contributed by atoms with van der Waals surface area (Å²) >= 11 is 0. The van der Waals surface area contributed by atoms with Crippen molar-refractivity contribution in [2.75, 3.05) is 6.61 Å². The molecule has 1 aromatic carbocycles. The van der Waals surface area contributed by atoms with Gasteiger partial charge >= 0.3 is 33.3 Å². The Bertz CT molecular complexity index is 2070. The van der Waals surface area contributed by atoms with Crippen LogP contribution in [0.1, 0.15) is 81.2 Å². The Balaban J connectivity index is 1.56. The monoisotopic (exact) mass is 847 g/mol. The van der Waals surface area contributed by atoms with Crippen LogP contribution >= 0.6 is 15.6 Å². The summed E-state index contributed by atoms with van der Waals surface area (Å²) < 4.78 is 72.1. The van der Waals surface area contributed by atoms with Gasteiger partial charge in [0.25, 0.3) is 5.56 Å². The molecule has 57 heavy (non-hydrogen) atoms. The first-order chi connectivity index (χ1) is 26.2. The predicted octanol–water partition coefficient (Wildman–Crippen LogP) is 4.24. The van der Waals surface area contributed by atoms with Crippen LogP contribution in [0.3, 0.4) is 0 Å². The molecular weight excluding hydrogens is 796 g/mol. The highest BCUT2D eigenvalue weighted by Crippen LogP contribution is 2.65. The van der Waals surface area contributed by atoms with E-state index < -0.39 is 105 Å². The van der Waals surface area contributed by atoms with E-state index in [0.717, 1.165) is 21.4 Å². The van der Waals surface area contributed by atoms with E-state index >= 15 is 0 Å². The van der Waals surface area contributed by atoms with E-state index in [2.05, 4.69) is 5.16 Å². The van der Waals surface area contributed by atoms with E-state index in [1.807, 2.05) is 0 Å². The molecule has 0 bridgehead atoms. The van der Waals surface area contributed by atoms with Gasteiger partial charge in [0.1, 0.15) is 24.0 Å². The molecule has 4 rings (SSSR count). The quantitative estimate of drug-likeness (QED) is 0.103. The summed E-state index contributed by atoms with van der Waals surface area (Å²) in [4.78, 5) is 62.7. The molecule has 0 radical (unpaired) electrons. The molecule has 7 atom stereocenters. The minimum atomic E-state index is -5.58. The van der Waals surface area contributed by atoms with Crippen LogP contribution < -0.4 is 11.2 Å². The number of phosphoric ester groups is 2. The number of para-hydroxylation sites is 1. The van der Waals surface area contributed by atoms with Crippen molar-refractivity contribution in [1.29, 1.82) is 0 Å². The Morgan fingerprint density at radius 1 is 0.877 bits per heavy atom. The number of nitrogens with zero attached hydrogens (tertiary/aromatic N) is 3. The smallest absolute Gasteiger partial charge is 0.434 e. The summed E-state index contributed by atoms with van der Waals surface area (Å²) in [6.45, 7) is 14.0. The molecule has 2 aromatic heterocycles. The molecule has 0 saturated carbocycles. The van der Waals surface area contributed by atoms with Crippen LogP contribution in [0.5, 0.6) is 0 Å². The van der Waals surface area contributed by atoms with Gasteiger partial charge in [0.2, 0.25) is 12.6 Å². The molecule has 0 amide bonds. The number of carbonyl (C=O) groups excluding carboxylic acids is 2. The number of phosphoric acid groups is 2. The largest absolute Gasteiger partial charge is 0.490 e. The highest BCUT2D eigenvalue weighted by atomic mass is 31.3. The van der Waals surface area contributed by atoms with E-state index in [-0.39, 0.29) is 12.2 Å². The lowest BCUT2D eigenvalue weighted by Gasteiger charge is -2.32. The Kier molecular flexibility index (Phi) is 14.4. The van der Waals surface area contributed by atoms with Crippen molar-refractivity contribution in [3.8, 4) is 0 Å². The second-order valence-corrected chi connectivity index (χ2v) is 19.3. The van der Waals surface area contributed by atoms with Gasteiger partial charge in [-0.3, -0.25) is 28.0 Å². The number of esters is 2. The topological polar surface area (TPSA) is 264 Å². The zero-order chi connectivity index (χ0) is 42.8. The van der Waals surface area contributed by atoms with E-state index in [9.17, 15) is 43.4 Å². The maximum absolute atomic E-state index is 14.3. The van der Waals surface area contributed by atoms with Crippen LogP contribution in [0.25, 0.3) is 11.0 Å². The van der Waals surface area contributed by atoms with Gasteiger partial charge in [-0.2, -0.15) is 4.31 Å². The standard InChI is InChI=1S/C35H51N3O17P2/c1-19(2)29(50-31(42)34(5,6)7)53-57(47,54-30(20(3)4)51-32(43)35(8,9)10)55-56(45,46)48-18-24-26(40)27(41)28(49-24)37-16-15-25(39)38(33(37)44)17-22-21-13-11-12-14-23(21)52-36-22/h11-16,19-20,24,26-30,40-41H,17-18H2,1-10H3,(H,45,46)/t24-,26-,27-,28-,29?,30?,57?/m1/s1. The van der Waals surface area contributed by atoms with Gasteiger partial charge in [-0.1, -0.05) is 45.0 Å². The summed E-state index contributed by atoms with van der Waals surface area (Å²) in [5.74, 6) is -3.06. The van der Waals surface area contributed by atoms with Gasteiger partial charge < -0.3 is 33.8 Å². The number of hydrogen-bond donors (Lipinski definition) is 3. The molecule has 3 heterocycles. The van der Waals surface area contributed by atoms with Crippen molar-refractivity contribution in [3.63, 3.8) is 0 Å². The zero-order valence-corrected chi connectivity index (χ0v) is 35.1. The molecule has 0 spiro atoms. The molecule has 0 aliphatic carbocycles. The third kappa shape index (κ3) is 11.6. The number of fused-ring (bicyclic) bond motifs is 1. The van der Waals surface area contributed by atoms with Crippen LogP contribution in [-0.4, -0.2) is 78.8 Å². The summed E-state index contributed by atoms with van der Waals surface area (Å²) in [5, 5.41) is 26.2. The number of aliphatic hydroxyl groups is 2. The summed E-state index contributed by atoms with van der Waals surface area (Å²) in [6.07, 6.45) is -9.26. The Hall–Kier alpha value is -3.55. The van der Waals surface area contributed by atoms with E-state index in [0.29, 0.717) is 11.0 Å². The second kappa shape index (κ2) is 17.7. The van der Waals surface area contributed by atoms with Gasteiger partial charge in [-0.25, -0.2) is 23.0 Å². The maximum atomic E-state index is 14.3. The molecule has 1 aliphatic rings. The van der Waals surface area contributed by atoms with Gasteiger partial charge in [0.15, 0.2) is 11.8 Å². The number of aliphatic hydroxyl groups excluding tert-OH is 2. The van der Waals surface area contributed by atoms with Gasteiger partial charge in [0.05, 0.1) is 24.0 Å². The minimum Gasteiger partial charge on any atom is -0.434 e. The number of ether oxygens (including phenoxy) is 3.